The molecule has 0 aromatic heterocycles. The van der Waals surface area contributed by atoms with Gasteiger partial charge in [0.2, 0.25) is 5.96 Å². The monoisotopic (exact) mass is 183 g/mol. The summed E-state index contributed by atoms with van der Waals surface area (Å²) in [5.41, 5.74) is 3.28. The van der Waals surface area contributed by atoms with Gasteiger partial charge in [-0.05, 0) is 7.05 Å². The number of rotatable bonds is 1. The summed E-state index contributed by atoms with van der Waals surface area (Å²) in [4.78, 5) is 6.62. The molecule has 0 aliphatic carbocycles. The Bertz CT molecular complexity index is 195. The van der Waals surface area contributed by atoms with E-state index in [1.165, 1.54) is 0 Å². The highest BCUT2D eigenvalue weighted by Crippen LogP contribution is 1.95. The van der Waals surface area contributed by atoms with Crippen LogP contribution in [0.5, 0.6) is 0 Å². The second-order valence-corrected chi connectivity index (χ2v) is 3.56. The fraction of sp³-hybridized carbons (Fsp3) is 0.875. The van der Waals surface area contributed by atoms with E-state index in [1.54, 1.807) is 0 Å². The molecular weight excluding hydrogens is 166 g/mol. The summed E-state index contributed by atoms with van der Waals surface area (Å²) in [7, 11) is 2.16. The quantitative estimate of drug-likeness (QED) is 0.530. The maximum atomic E-state index is 4.29. The minimum absolute atomic E-state index is 0.899. The molecule has 2 heterocycles. The fourth-order valence-electron chi connectivity index (χ4n) is 1.54. The molecule has 0 atom stereocenters. The van der Waals surface area contributed by atoms with Crippen LogP contribution in [0, 0.1) is 0 Å². The number of aliphatic imine (C=N–C) groups is 1. The predicted octanol–water partition coefficient (Wildman–Crippen LogP) is -1.30. The van der Waals surface area contributed by atoms with Crippen molar-refractivity contribution >= 4 is 5.96 Å². The number of nitrogens with zero attached hydrogens (tertiary/aromatic N) is 3. The maximum absolute atomic E-state index is 4.29. The molecule has 2 aliphatic heterocycles. The highest BCUT2D eigenvalue weighted by atomic mass is 15.6. The number of guanidine groups is 1. The van der Waals surface area contributed by atoms with E-state index in [0.29, 0.717) is 0 Å². The van der Waals surface area contributed by atoms with Crippen molar-refractivity contribution in [2.45, 2.75) is 0 Å². The van der Waals surface area contributed by atoms with Crippen molar-refractivity contribution in [2.75, 3.05) is 46.3 Å². The molecule has 1 saturated heterocycles. The average Bonchev–Trinajstić information content (AvgIpc) is 2.62. The summed E-state index contributed by atoms with van der Waals surface area (Å²) in [6, 6.07) is 0. The van der Waals surface area contributed by atoms with Crippen LogP contribution in [-0.4, -0.2) is 62.2 Å². The molecule has 5 nitrogen and oxygen atoms in total. The van der Waals surface area contributed by atoms with Crippen molar-refractivity contribution in [3.63, 3.8) is 0 Å². The normalized spacial score (nSPS) is 25.5. The smallest absolute Gasteiger partial charge is 0.206 e. The van der Waals surface area contributed by atoms with Crippen LogP contribution in [0.3, 0.4) is 0 Å². The molecule has 0 radical (unpaired) electrons. The van der Waals surface area contributed by atoms with Crippen LogP contribution in [0.25, 0.3) is 0 Å². The second kappa shape index (κ2) is 3.93. The van der Waals surface area contributed by atoms with Crippen molar-refractivity contribution in [3.05, 3.63) is 0 Å². The summed E-state index contributed by atoms with van der Waals surface area (Å²) in [6.07, 6.45) is 0. The third kappa shape index (κ3) is 2.32. The molecule has 2 N–H and O–H groups in total. The van der Waals surface area contributed by atoms with Crippen LogP contribution in [0.4, 0.5) is 0 Å². The number of hydrogen-bond donors (Lipinski definition) is 2. The summed E-state index contributed by atoms with van der Waals surface area (Å²) >= 11 is 0. The Balaban J connectivity index is 1.75. The van der Waals surface area contributed by atoms with Gasteiger partial charge in [0.1, 0.15) is 0 Å². The summed E-state index contributed by atoms with van der Waals surface area (Å²) < 4.78 is 0. The lowest BCUT2D eigenvalue weighted by Gasteiger charge is -2.32. The Morgan fingerprint density at radius 2 is 2.08 bits per heavy atom. The lowest BCUT2D eigenvalue weighted by molar-refractivity contribution is 0.129. The van der Waals surface area contributed by atoms with Gasteiger partial charge in [0.25, 0.3) is 0 Å². The molecule has 2 aliphatic rings. The van der Waals surface area contributed by atoms with Gasteiger partial charge in [-0.2, -0.15) is 0 Å². The van der Waals surface area contributed by atoms with Crippen LogP contribution in [0.15, 0.2) is 4.99 Å². The van der Waals surface area contributed by atoms with E-state index in [0.717, 1.165) is 45.2 Å². The standard InChI is InChI=1S/C8H17N5/c1-12-4-6-13(7-5-12)11-8-9-2-3-10-8/h2-7H2,1H3,(H2,9,10,11). The highest BCUT2D eigenvalue weighted by Gasteiger charge is 2.15. The SMILES string of the molecule is CN1CCN(NC2=NCCN2)CC1. The molecule has 1 fully saturated rings. The number of piperazine rings is 1. The van der Waals surface area contributed by atoms with E-state index < -0.39 is 0 Å². The highest BCUT2D eigenvalue weighted by molar-refractivity contribution is 5.80. The van der Waals surface area contributed by atoms with Gasteiger partial charge in [-0.15, -0.1) is 0 Å². The van der Waals surface area contributed by atoms with Crippen LogP contribution in [0.2, 0.25) is 0 Å². The molecule has 2 rings (SSSR count). The van der Waals surface area contributed by atoms with Gasteiger partial charge < -0.3 is 10.2 Å². The van der Waals surface area contributed by atoms with E-state index in [1.807, 2.05) is 0 Å². The number of nitrogens with one attached hydrogen (secondary N) is 2. The van der Waals surface area contributed by atoms with Crippen LogP contribution >= 0.6 is 0 Å². The zero-order chi connectivity index (χ0) is 9.10. The molecule has 0 spiro atoms. The molecular formula is C8H17N5. The zero-order valence-corrected chi connectivity index (χ0v) is 8.08. The molecule has 0 amide bonds. The van der Waals surface area contributed by atoms with Crippen molar-refractivity contribution in [1.82, 2.24) is 20.7 Å². The Morgan fingerprint density at radius 1 is 1.31 bits per heavy atom. The van der Waals surface area contributed by atoms with E-state index in [4.69, 9.17) is 0 Å². The van der Waals surface area contributed by atoms with Gasteiger partial charge in [0, 0.05) is 32.7 Å². The Labute approximate surface area is 78.8 Å². The minimum atomic E-state index is 0.899. The van der Waals surface area contributed by atoms with Crippen molar-refractivity contribution in [1.29, 1.82) is 0 Å². The van der Waals surface area contributed by atoms with Crippen LogP contribution in [-0.2, 0) is 0 Å². The molecule has 5 heteroatoms. The summed E-state index contributed by atoms with van der Waals surface area (Å²) in [6.45, 7) is 6.25. The van der Waals surface area contributed by atoms with E-state index >= 15 is 0 Å². The van der Waals surface area contributed by atoms with E-state index in [9.17, 15) is 0 Å². The van der Waals surface area contributed by atoms with Crippen molar-refractivity contribution in [2.24, 2.45) is 4.99 Å². The predicted molar refractivity (Wildman–Crippen MR) is 52.5 cm³/mol. The average molecular weight is 183 g/mol. The first-order valence-corrected chi connectivity index (χ1v) is 4.83. The molecule has 0 saturated carbocycles. The summed E-state index contributed by atoms with van der Waals surface area (Å²) in [5, 5.41) is 5.42. The van der Waals surface area contributed by atoms with Gasteiger partial charge in [0.15, 0.2) is 0 Å². The van der Waals surface area contributed by atoms with Gasteiger partial charge in [-0.3, -0.25) is 10.4 Å². The van der Waals surface area contributed by atoms with Crippen molar-refractivity contribution < 1.29 is 0 Å². The first kappa shape index (κ1) is 8.77. The minimum Gasteiger partial charge on any atom is -0.353 e. The maximum Gasteiger partial charge on any atom is 0.206 e. The molecule has 0 unspecified atom stereocenters. The van der Waals surface area contributed by atoms with Gasteiger partial charge >= 0.3 is 0 Å². The first-order chi connectivity index (χ1) is 6.34. The first-order valence-electron chi connectivity index (χ1n) is 4.83. The van der Waals surface area contributed by atoms with Crippen LogP contribution < -0.4 is 10.7 Å². The number of hydrazine groups is 1. The second-order valence-electron chi connectivity index (χ2n) is 3.56. The Hall–Kier alpha value is -0.810. The molecule has 0 aromatic rings. The van der Waals surface area contributed by atoms with Crippen LogP contribution in [0.1, 0.15) is 0 Å². The third-order valence-electron chi connectivity index (χ3n) is 2.44. The molecule has 0 bridgehead atoms. The lowest BCUT2D eigenvalue weighted by atomic mass is 10.4. The Morgan fingerprint density at radius 3 is 2.69 bits per heavy atom. The van der Waals surface area contributed by atoms with E-state index in [-0.39, 0.29) is 0 Å². The summed E-state index contributed by atoms with van der Waals surface area (Å²) in [5.74, 6) is 0.935. The van der Waals surface area contributed by atoms with Gasteiger partial charge in [0.05, 0.1) is 6.54 Å². The lowest BCUT2D eigenvalue weighted by Crippen LogP contribution is -2.54. The number of hydrogen-bond acceptors (Lipinski definition) is 5. The zero-order valence-electron chi connectivity index (χ0n) is 8.08. The van der Waals surface area contributed by atoms with Crippen molar-refractivity contribution in [3.8, 4) is 0 Å². The Kier molecular flexibility index (Phi) is 2.65. The molecule has 13 heavy (non-hydrogen) atoms. The van der Waals surface area contributed by atoms with Gasteiger partial charge in [-0.1, -0.05) is 0 Å². The molecule has 0 aromatic carbocycles. The third-order valence-corrected chi connectivity index (χ3v) is 2.44. The largest absolute Gasteiger partial charge is 0.353 e. The number of likely N-dealkylation sites (N-methyl/N-ethyl adjacent to an activating group) is 1. The molecule has 74 valence electrons. The van der Waals surface area contributed by atoms with Gasteiger partial charge in [-0.25, -0.2) is 5.01 Å². The van der Waals surface area contributed by atoms with E-state index in [2.05, 4.69) is 32.7 Å². The topological polar surface area (TPSA) is 42.9 Å². The fourth-order valence-corrected chi connectivity index (χ4v) is 1.54.